The minimum Gasteiger partial charge on any atom is -0.481 e. The van der Waals surface area contributed by atoms with Gasteiger partial charge in [0.2, 0.25) is 0 Å². The van der Waals surface area contributed by atoms with Crippen molar-refractivity contribution < 1.29 is 14.7 Å². The Balaban J connectivity index is 2.59. The lowest BCUT2D eigenvalue weighted by Crippen LogP contribution is -2.47. The first kappa shape index (κ1) is 17.0. The van der Waals surface area contributed by atoms with E-state index in [1.165, 1.54) is 0 Å². The molecule has 0 aliphatic heterocycles. The molecule has 2 amide bonds. The Morgan fingerprint density at radius 3 is 2.24 bits per heavy atom. The molecule has 0 saturated carbocycles. The molecular weight excluding hydrogens is 268 g/mol. The summed E-state index contributed by atoms with van der Waals surface area (Å²) in [5.74, 6) is -1.70. The van der Waals surface area contributed by atoms with Gasteiger partial charge in [-0.1, -0.05) is 51.1 Å². The number of nitrogens with one attached hydrogen (secondary N) is 2. The Labute approximate surface area is 125 Å². The summed E-state index contributed by atoms with van der Waals surface area (Å²) in [6.45, 7) is 8.07. The van der Waals surface area contributed by atoms with Crippen LogP contribution in [0.4, 0.5) is 4.79 Å². The van der Waals surface area contributed by atoms with E-state index in [9.17, 15) is 14.7 Å². The number of urea groups is 1. The van der Waals surface area contributed by atoms with E-state index in [2.05, 4.69) is 10.6 Å². The summed E-state index contributed by atoms with van der Waals surface area (Å²) < 4.78 is 0. The van der Waals surface area contributed by atoms with E-state index >= 15 is 0 Å². The number of hydrogen-bond donors (Lipinski definition) is 3. The van der Waals surface area contributed by atoms with Crippen molar-refractivity contribution in [3.05, 3.63) is 35.9 Å². The van der Waals surface area contributed by atoms with Gasteiger partial charge in [0.25, 0.3) is 0 Å². The first-order chi connectivity index (χ1) is 9.71. The predicted molar refractivity (Wildman–Crippen MR) is 82.3 cm³/mol. The highest BCUT2D eigenvalue weighted by Gasteiger charge is 2.23. The van der Waals surface area contributed by atoms with Crippen molar-refractivity contribution in [3.63, 3.8) is 0 Å². The van der Waals surface area contributed by atoms with Crippen molar-refractivity contribution >= 4 is 12.0 Å². The molecule has 1 aromatic rings. The molecule has 0 fully saturated rings. The van der Waals surface area contributed by atoms with Gasteiger partial charge < -0.3 is 15.7 Å². The molecule has 0 aliphatic carbocycles. The summed E-state index contributed by atoms with van der Waals surface area (Å²) in [6, 6.07) is 8.53. The Morgan fingerprint density at radius 1 is 1.19 bits per heavy atom. The van der Waals surface area contributed by atoms with Crippen LogP contribution in [0.15, 0.2) is 30.3 Å². The lowest BCUT2D eigenvalue weighted by atomic mass is 9.88. The van der Waals surface area contributed by atoms with Crippen LogP contribution in [0.25, 0.3) is 0 Å². The molecule has 5 nitrogen and oxygen atoms in total. The zero-order chi connectivity index (χ0) is 16.0. The number of carbonyl (C=O) groups excluding carboxylic acids is 1. The van der Waals surface area contributed by atoms with Gasteiger partial charge in [0, 0.05) is 12.6 Å². The highest BCUT2D eigenvalue weighted by molar-refractivity contribution is 5.79. The van der Waals surface area contributed by atoms with Crippen LogP contribution in [-0.4, -0.2) is 29.7 Å². The third-order valence-corrected chi connectivity index (χ3v) is 3.61. The van der Waals surface area contributed by atoms with E-state index < -0.39 is 11.9 Å². The number of benzene rings is 1. The zero-order valence-electron chi connectivity index (χ0n) is 13.0. The molecule has 0 saturated heterocycles. The van der Waals surface area contributed by atoms with E-state index in [1.807, 2.05) is 33.8 Å². The van der Waals surface area contributed by atoms with Crippen molar-refractivity contribution in [2.24, 2.45) is 5.41 Å². The van der Waals surface area contributed by atoms with E-state index in [0.29, 0.717) is 5.56 Å². The van der Waals surface area contributed by atoms with Gasteiger partial charge in [0.15, 0.2) is 0 Å². The van der Waals surface area contributed by atoms with Crippen LogP contribution in [0.2, 0.25) is 0 Å². The lowest BCUT2D eigenvalue weighted by molar-refractivity contribution is -0.138. The highest BCUT2D eigenvalue weighted by Crippen LogP contribution is 2.18. The van der Waals surface area contributed by atoms with Crippen LogP contribution < -0.4 is 10.6 Å². The van der Waals surface area contributed by atoms with Gasteiger partial charge in [-0.2, -0.15) is 0 Å². The van der Waals surface area contributed by atoms with Crippen molar-refractivity contribution in [3.8, 4) is 0 Å². The van der Waals surface area contributed by atoms with Crippen LogP contribution in [-0.2, 0) is 4.79 Å². The van der Waals surface area contributed by atoms with E-state index in [4.69, 9.17) is 0 Å². The van der Waals surface area contributed by atoms with Gasteiger partial charge in [-0.3, -0.25) is 4.79 Å². The zero-order valence-corrected chi connectivity index (χ0v) is 13.0. The summed E-state index contributed by atoms with van der Waals surface area (Å²) in [7, 11) is 0. The average molecular weight is 292 g/mol. The number of amides is 2. The van der Waals surface area contributed by atoms with Crippen molar-refractivity contribution in [1.29, 1.82) is 0 Å². The van der Waals surface area contributed by atoms with Crippen molar-refractivity contribution in [1.82, 2.24) is 10.6 Å². The van der Waals surface area contributed by atoms with Crippen LogP contribution in [0, 0.1) is 5.41 Å². The third-order valence-electron chi connectivity index (χ3n) is 3.61. The summed E-state index contributed by atoms with van der Waals surface area (Å²) in [5.41, 5.74) is 0.623. The second kappa shape index (κ2) is 7.11. The maximum Gasteiger partial charge on any atom is 0.315 e. The maximum absolute atomic E-state index is 11.8. The molecule has 116 valence electrons. The molecule has 2 unspecified atom stereocenters. The van der Waals surface area contributed by atoms with Gasteiger partial charge in [0.05, 0.1) is 5.92 Å². The number of hydrogen-bond acceptors (Lipinski definition) is 2. The highest BCUT2D eigenvalue weighted by atomic mass is 16.4. The molecule has 21 heavy (non-hydrogen) atoms. The van der Waals surface area contributed by atoms with Gasteiger partial charge in [-0.25, -0.2) is 4.79 Å². The van der Waals surface area contributed by atoms with E-state index in [0.717, 1.165) is 0 Å². The summed E-state index contributed by atoms with van der Waals surface area (Å²) in [5, 5.41) is 14.7. The molecule has 0 bridgehead atoms. The second-order valence-electron chi connectivity index (χ2n) is 6.24. The number of carboxylic acid groups (broad SMARTS) is 1. The largest absolute Gasteiger partial charge is 0.481 e. The molecule has 0 radical (unpaired) electrons. The standard InChI is InChI=1S/C16H24N2O3/c1-11(16(2,3)4)18-15(21)17-10-13(14(19)20)12-8-6-5-7-9-12/h5-9,11,13H,10H2,1-4H3,(H,19,20)(H2,17,18,21). The fourth-order valence-corrected chi connectivity index (χ4v) is 1.69. The summed E-state index contributed by atoms with van der Waals surface area (Å²) in [6.07, 6.45) is 0. The van der Waals surface area contributed by atoms with Crippen LogP contribution in [0.3, 0.4) is 0 Å². The molecule has 3 N–H and O–H groups in total. The Morgan fingerprint density at radius 2 is 1.76 bits per heavy atom. The molecule has 0 spiro atoms. The smallest absolute Gasteiger partial charge is 0.315 e. The molecule has 5 heteroatoms. The van der Waals surface area contributed by atoms with Crippen molar-refractivity contribution in [2.75, 3.05) is 6.54 Å². The minimum absolute atomic E-state index is 0.0162. The summed E-state index contributed by atoms with van der Waals surface area (Å²) >= 11 is 0. The number of carbonyl (C=O) groups is 2. The topological polar surface area (TPSA) is 78.4 Å². The van der Waals surface area contributed by atoms with Crippen LogP contribution in [0.1, 0.15) is 39.2 Å². The van der Waals surface area contributed by atoms with Crippen LogP contribution in [0.5, 0.6) is 0 Å². The third kappa shape index (κ3) is 5.45. The first-order valence-corrected chi connectivity index (χ1v) is 7.04. The molecule has 1 rings (SSSR count). The molecule has 0 heterocycles. The van der Waals surface area contributed by atoms with E-state index in [-0.39, 0.29) is 24.0 Å². The Kier molecular flexibility index (Phi) is 5.76. The van der Waals surface area contributed by atoms with Crippen molar-refractivity contribution in [2.45, 2.75) is 39.7 Å². The van der Waals surface area contributed by atoms with Gasteiger partial charge in [0.1, 0.15) is 0 Å². The number of carboxylic acids is 1. The molecule has 1 aromatic carbocycles. The Hall–Kier alpha value is -2.04. The van der Waals surface area contributed by atoms with E-state index in [1.54, 1.807) is 24.3 Å². The molecule has 0 aromatic heterocycles. The minimum atomic E-state index is -0.953. The summed E-state index contributed by atoms with van der Waals surface area (Å²) in [4.78, 5) is 23.2. The fourth-order valence-electron chi connectivity index (χ4n) is 1.69. The van der Waals surface area contributed by atoms with Gasteiger partial charge >= 0.3 is 12.0 Å². The monoisotopic (exact) mass is 292 g/mol. The fraction of sp³-hybridized carbons (Fsp3) is 0.500. The second-order valence-corrected chi connectivity index (χ2v) is 6.24. The quantitative estimate of drug-likeness (QED) is 0.780. The normalized spacial score (nSPS) is 14.1. The number of rotatable bonds is 5. The maximum atomic E-state index is 11.8. The molecular formula is C16H24N2O3. The van der Waals surface area contributed by atoms with Crippen LogP contribution >= 0.6 is 0 Å². The van der Waals surface area contributed by atoms with Gasteiger partial charge in [-0.05, 0) is 17.9 Å². The Bertz CT molecular complexity index is 480. The van der Waals surface area contributed by atoms with Gasteiger partial charge in [-0.15, -0.1) is 0 Å². The first-order valence-electron chi connectivity index (χ1n) is 7.04. The number of aliphatic carboxylic acids is 1. The molecule has 0 aliphatic rings. The average Bonchev–Trinajstić information content (AvgIpc) is 2.38. The predicted octanol–water partition coefficient (Wildman–Crippen LogP) is 2.59. The lowest BCUT2D eigenvalue weighted by Gasteiger charge is -2.28. The molecule has 2 atom stereocenters. The SMILES string of the molecule is CC(NC(=O)NCC(C(=O)O)c1ccccc1)C(C)(C)C.